The summed E-state index contributed by atoms with van der Waals surface area (Å²) in [4.78, 5) is 17.2. The highest BCUT2D eigenvalue weighted by Gasteiger charge is 2.21. The monoisotopic (exact) mass is 460 g/mol. The van der Waals surface area contributed by atoms with E-state index in [-0.39, 0.29) is 16.6 Å². The van der Waals surface area contributed by atoms with Crippen LogP contribution >= 0.6 is 11.8 Å². The highest BCUT2D eigenvalue weighted by Crippen LogP contribution is 2.24. The summed E-state index contributed by atoms with van der Waals surface area (Å²) >= 11 is 1.41. The molecule has 0 aliphatic heterocycles. The van der Waals surface area contributed by atoms with Gasteiger partial charge < -0.3 is 9.88 Å². The van der Waals surface area contributed by atoms with E-state index in [1.165, 1.54) is 16.1 Å². The SMILES string of the molecule is CCN(CC)S(=O)(=O)c1ccc(CNC(=O)CSc2nc3ccccc3n2CC)cc1. The number of nitrogens with zero attached hydrogens (tertiary/aromatic N) is 3. The first-order valence-electron chi connectivity index (χ1n) is 10.3. The number of carbonyl (C=O) groups is 1. The molecule has 0 radical (unpaired) electrons. The second-order valence-corrected chi connectivity index (χ2v) is 9.81. The average molecular weight is 461 g/mol. The molecular weight excluding hydrogens is 432 g/mol. The van der Waals surface area contributed by atoms with Crippen LogP contribution in [-0.4, -0.2) is 47.0 Å². The first kappa shape index (κ1) is 23.3. The van der Waals surface area contributed by atoms with Gasteiger partial charge in [-0.1, -0.05) is 49.9 Å². The molecule has 0 atom stereocenters. The molecule has 0 aliphatic carbocycles. The maximum atomic E-state index is 12.6. The fraction of sp³-hybridized carbons (Fsp3) is 0.364. The summed E-state index contributed by atoms with van der Waals surface area (Å²) in [7, 11) is -3.47. The van der Waals surface area contributed by atoms with Crippen LogP contribution in [0.25, 0.3) is 11.0 Å². The second-order valence-electron chi connectivity index (χ2n) is 6.93. The topological polar surface area (TPSA) is 84.3 Å². The molecule has 1 N–H and O–H groups in total. The van der Waals surface area contributed by atoms with Gasteiger partial charge in [0.05, 0.1) is 21.7 Å². The van der Waals surface area contributed by atoms with Crippen LogP contribution in [0.2, 0.25) is 0 Å². The first-order valence-corrected chi connectivity index (χ1v) is 12.8. The quantitative estimate of drug-likeness (QED) is 0.468. The van der Waals surface area contributed by atoms with Crippen LogP contribution in [0.3, 0.4) is 0 Å². The number of carbonyl (C=O) groups excluding carboxylic acids is 1. The Bertz CT molecular complexity index is 1140. The minimum Gasteiger partial charge on any atom is -0.351 e. The summed E-state index contributed by atoms with van der Waals surface area (Å²) in [6, 6.07) is 14.6. The van der Waals surface area contributed by atoms with Gasteiger partial charge in [0, 0.05) is 26.2 Å². The van der Waals surface area contributed by atoms with E-state index in [0.717, 1.165) is 28.3 Å². The van der Waals surface area contributed by atoms with Crippen molar-refractivity contribution in [3.8, 4) is 0 Å². The lowest BCUT2D eigenvalue weighted by molar-refractivity contribution is -0.118. The third kappa shape index (κ3) is 5.28. The van der Waals surface area contributed by atoms with Crippen molar-refractivity contribution in [3.05, 3.63) is 54.1 Å². The molecule has 0 bridgehead atoms. The maximum Gasteiger partial charge on any atom is 0.243 e. The Morgan fingerprint density at radius 3 is 2.39 bits per heavy atom. The number of rotatable bonds is 10. The molecule has 3 rings (SSSR count). The second kappa shape index (κ2) is 10.3. The molecule has 166 valence electrons. The van der Waals surface area contributed by atoms with E-state index < -0.39 is 10.0 Å². The smallest absolute Gasteiger partial charge is 0.243 e. The average Bonchev–Trinajstić information content (AvgIpc) is 3.14. The van der Waals surface area contributed by atoms with Crippen LogP contribution in [0.15, 0.2) is 58.6 Å². The Kier molecular flexibility index (Phi) is 7.74. The number of aryl methyl sites for hydroxylation is 1. The summed E-state index contributed by atoms with van der Waals surface area (Å²) in [5.41, 5.74) is 2.83. The Morgan fingerprint density at radius 1 is 1.06 bits per heavy atom. The third-order valence-corrected chi connectivity index (χ3v) is 8.06. The highest BCUT2D eigenvalue weighted by molar-refractivity contribution is 7.99. The molecule has 1 aromatic heterocycles. The van der Waals surface area contributed by atoms with Crippen molar-refractivity contribution >= 4 is 38.7 Å². The molecule has 0 saturated carbocycles. The van der Waals surface area contributed by atoms with E-state index in [4.69, 9.17) is 0 Å². The van der Waals surface area contributed by atoms with Crippen LogP contribution in [-0.2, 0) is 27.9 Å². The summed E-state index contributed by atoms with van der Waals surface area (Å²) in [6.07, 6.45) is 0. The minimum atomic E-state index is -3.47. The van der Waals surface area contributed by atoms with E-state index in [1.54, 1.807) is 24.3 Å². The number of fused-ring (bicyclic) bond motifs is 1. The minimum absolute atomic E-state index is 0.0976. The number of para-hydroxylation sites is 2. The lowest BCUT2D eigenvalue weighted by atomic mass is 10.2. The molecule has 0 spiro atoms. The van der Waals surface area contributed by atoms with Gasteiger partial charge in [0.25, 0.3) is 0 Å². The molecule has 3 aromatic rings. The van der Waals surface area contributed by atoms with Gasteiger partial charge in [-0.2, -0.15) is 4.31 Å². The van der Waals surface area contributed by atoms with E-state index in [9.17, 15) is 13.2 Å². The fourth-order valence-electron chi connectivity index (χ4n) is 3.34. The molecule has 9 heteroatoms. The van der Waals surface area contributed by atoms with Gasteiger partial charge in [0.2, 0.25) is 15.9 Å². The van der Waals surface area contributed by atoms with Gasteiger partial charge in [-0.05, 0) is 36.8 Å². The van der Waals surface area contributed by atoms with Crippen LogP contribution in [0.4, 0.5) is 0 Å². The number of hydrogen-bond acceptors (Lipinski definition) is 5. The molecule has 0 saturated heterocycles. The van der Waals surface area contributed by atoms with Crippen molar-refractivity contribution in [2.75, 3.05) is 18.8 Å². The molecule has 1 heterocycles. The first-order chi connectivity index (χ1) is 14.9. The van der Waals surface area contributed by atoms with Crippen molar-refractivity contribution in [1.82, 2.24) is 19.2 Å². The standard InChI is InChI=1S/C22H28N4O3S2/c1-4-25(5-2)31(28,29)18-13-11-17(12-14-18)15-23-21(27)16-30-22-24-19-9-7-8-10-20(19)26(22)6-3/h7-14H,4-6,15-16H2,1-3H3,(H,23,27). The molecule has 0 fully saturated rings. The van der Waals surface area contributed by atoms with Gasteiger partial charge in [-0.15, -0.1) is 0 Å². The number of benzene rings is 2. The van der Waals surface area contributed by atoms with Gasteiger partial charge in [0.15, 0.2) is 5.16 Å². The normalized spacial score (nSPS) is 11.9. The number of imidazole rings is 1. The van der Waals surface area contributed by atoms with E-state index in [2.05, 4.69) is 21.8 Å². The summed E-state index contributed by atoms with van der Waals surface area (Å²) in [5, 5.41) is 3.71. The van der Waals surface area contributed by atoms with Crippen LogP contribution in [0.5, 0.6) is 0 Å². The predicted molar refractivity (Wildman–Crippen MR) is 125 cm³/mol. The summed E-state index contributed by atoms with van der Waals surface area (Å²) < 4.78 is 28.6. The molecule has 0 aliphatic rings. The zero-order valence-corrected chi connectivity index (χ0v) is 19.7. The highest BCUT2D eigenvalue weighted by atomic mass is 32.2. The van der Waals surface area contributed by atoms with Crippen LogP contribution in [0.1, 0.15) is 26.3 Å². The number of sulfonamides is 1. The van der Waals surface area contributed by atoms with Gasteiger partial charge in [-0.3, -0.25) is 4.79 Å². The Labute approximate surface area is 187 Å². The number of hydrogen-bond donors (Lipinski definition) is 1. The molecule has 2 aromatic carbocycles. The van der Waals surface area contributed by atoms with Gasteiger partial charge in [-0.25, -0.2) is 13.4 Å². The largest absolute Gasteiger partial charge is 0.351 e. The van der Waals surface area contributed by atoms with Crippen LogP contribution < -0.4 is 5.32 Å². The lowest BCUT2D eigenvalue weighted by Gasteiger charge is -2.18. The molecule has 0 unspecified atom stereocenters. The molecule has 31 heavy (non-hydrogen) atoms. The maximum absolute atomic E-state index is 12.6. The summed E-state index contributed by atoms with van der Waals surface area (Å²) in [6.45, 7) is 7.68. The van der Waals surface area contributed by atoms with Crippen molar-refractivity contribution in [2.45, 2.75) is 43.9 Å². The number of thioether (sulfide) groups is 1. The number of amides is 1. The number of nitrogens with one attached hydrogen (secondary N) is 1. The molecule has 1 amide bonds. The third-order valence-electron chi connectivity index (χ3n) is 5.02. The van der Waals surface area contributed by atoms with Crippen LogP contribution in [0, 0.1) is 0 Å². The Morgan fingerprint density at radius 2 is 1.74 bits per heavy atom. The van der Waals surface area contributed by atoms with E-state index in [0.29, 0.717) is 19.6 Å². The van der Waals surface area contributed by atoms with E-state index >= 15 is 0 Å². The zero-order valence-electron chi connectivity index (χ0n) is 18.0. The Hall–Kier alpha value is -2.36. The predicted octanol–water partition coefficient (Wildman–Crippen LogP) is 3.50. The number of aromatic nitrogens is 2. The van der Waals surface area contributed by atoms with Crippen molar-refractivity contribution < 1.29 is 13.2 Å². The van der Waals surface area contributed by atoms with Gasteiger partial charge >= 0.3 is 0 Å². The van der Waals surface area contributed by atoms with Crippen molar-refractivity contribution in [3.63, 3.8) is 0 Å². The fourth-order valence-corrected chi connectivity index (χ4v) is 5.71. The lowest BCUT2D eigenvalue weighted by Crippen LogP contribution is -2.30. The summed E-state index contributed by atoms with van der Waals surface area (Å²) in [5.74, 6) is 0.164. The van der Waals surface area contributed by atoms with E-state index in [1.807, 2.05) is 38.1 Å². The molecular formula is C22H28N4O3S2. The van der Waals surface area contributed by atoms with Crippen molar-refractivity contribution in [2.24, 2.45) is 0 Å². The Balaban J connectivity index is 1.57. The molecule has 7 nitrogen and oxygen atoms in total. The van der Waals surface area contributed by atoms with Crippen molar-refractivity contribution in [1.29, 1.82) is 0 Å². The zero-order chi connectivity index (χ0) is 22.4. The van der Waals surface area contributed by atoms with Gasteiger partial charge in [0.1, 0.15) is 0 Å².